The molecule has 1 amide bonds. The van der Waals surface area contributed by atoms with Crippen molar-refractivity contribution in [1.82, 2.24) is 9.97 Å². The van der Waals surface area contributed by atoms with Crippen molar-refractivity contribution in [3.8, 4) is 0 Å². The second-order valence-electron chi connectivity index (χ2n) is 4.39. The van der Waals surface area contributed by atoms with Crippen LogP contribution in [0.2, 0.25) is 0 Å². The van der Waals surface area contributed by atoms with E-state index in [0.717, 1.165) is 21.4 Å². The number of rotatable bonds is 2. The van der Waals surface area contributed by atoms with Crippen molar-refractivity contribution < 1.29 is 4.79 Å². The first kappa shape index (κ1) is 13.7. The number of halogens is 1. The fraction of sp³-hybridized carbons (Fsp3) is 0.214. The number of nitrogens with one attached hydrogen (secondary N) is 1. The summed E-state index contributed by atoms with van der Waals surface area (Å²) in [6, 6.07) is 7.44. The van der Waals surface area contributed by atoms with Crippen LogP contribution in [0.3, 0.4) is 0 Å². The van der Waals surface area contributed by atoms with Crippen LogP contribution in [0, 0.1) is 20.8 Å². The Hall–Kier alpha value is -1.75. The van der Waals surface area contributed by atoms with Gasteiger partial charge in [-0.1, -0.05) is 22.0 Å². The largest absolute Gasteiger partial charge is 0.290 e. The van der Waals surface area contributed by atoms with Crippen LogP contribution < -0.4 is 5.32 Å². The quantitative estimate of drug-likeness (QED) is 0.922. The summed E-state index contributed by atoms with van der Waals surface area (Å²) in [5, 5.41) is 2.73. The minimum Gasteiger partial charge on any atom is -0.290 e. The van der Waals surface area contributed by atoms with Gasteiger partial charge in [0.1, 0.15) is 0 Å². The molecule has 1 aromatic heterocycles. The number of aromatic nitrogens is 2. The van der Waals surface area contributed by atoms with Crippen molar-refractivity contribution in [2.75, 3.05) is 5.32 Å². The van der Waals surface area contributed by atoms with E-state index in [4.69, 9.17) is 0 Å². The van der Waals surface area contributed by atoms with Crippen LogP contribution >= 0.6 is 15.9 Å². The van der Waals surface area contributed by atoms with Gasteiger partial charge in [0.05, 0.1) is 0 Å². The number of amides is 1. The van der Waals surface area contributed by atoms with Gasteiger partial charge < -0.3 is 0 Å². The van der Waals surface area contributed by atoms with Crippen LogP contribution in [0.5, 0.6) is 0 Å². The maximum absolute atomic E-state index is 12.2. The predicted molar refractivity (Wildman–Crippen MR) is 78.3 cm³/mol. The van der Waals surface area contributed by atoms with E-state index in [1.807, 2.05) is 39.0 Å². The maximum Gasteiger partial charge on any atom is 0.258 e. The molecule has 98 valence electrons. The van der Waals surface area contributed by atoms with E-state index in [2.05, 4.69) is 31.2 Å². The second kappa shape index (κ2) is 5.48. The molecule has 1 aromatic carbocycles. The summed E-state index contributed by atoms with van der Waals surface area (Å²) in [5.74, 6) is 0.130. The molecule has 0 unspecified atom stereocenters. The molecule has 2 rings (SSSR count). The molecule has 0 aliphatic rings. The number of hydrogen-bond donors (Lipinski definition) is 1. The molecule has 1 N–H and O–H groups in total. The average molecular weight is 320 g/mol. The smallest absolute Gasteiger partial charge is 0.258 e. The summed E-state index contributed by atoms with van der Waals surface area (Å²) in [5.41, 5.74) is 3.17. The summed E-state index contributed by atoms with van der Waals surface area (Å²) >= 11 is 3.36. The van der Waals surface area contributed by atoms with Crippen molar-refractivity contribution in [3.63, 3.8) is 0 Å². The summed E-state index contributed by atoms with van der Waals surface area (Å²) in [4.78, 5) is 20.6. The van der Waals surface area contributed by atoms with Crippen LogP contribution in [0.25, 0.3) is 0 Å². The highest BCUT2D eigenvalue weighted by atomic mass is 79.9. The molecular formula is C14H14BrN3O. The van der Waals surface area contributed by atoms with Crippen molar-refractivity contribution in [2.45, 2.75) is 20.8 Å². The molecule has 0 aliphatic carbocycles. The van der Waals surface area contributed by atoms with Gasteiger partial charge in [0.15, 0.2) is 0 Å². The van der Waals surface area contributed by atoms with Crippen LogP contribution in [-0.4, -0.2) is 15.9 Å². The van der Waals surface area contributed by atoms with Gasteiger partial charge in [-0.3, -0.25) is 10.1 Å². The van der Waals surface area contributed by atoms with E-state index < -0.39 is 0 Å². The molecule has 2 aromatic rings. The lowest BCUT2D eigenvalue weighted by Crippen LogP contribution is -2.16. The Labute approximate surface area is 120 Å². The Morgan fingerprint density at radius 1 is 1.11 bits per heavy atom. The summed E-state index contributed by atoms with van der Waals surface area (Å²) in [6.45, 7) is 5.63. The fourth-order valence-corrected chi connectivity index (χ4v) is 2.15. The number of aryl methyl sites for hydroxylation is 3. The molecule has 0 saturated heterocycles. The zero-order valence-corrected chi connectivity index (χ0v) is 12.6. The van der Waals surface area contributed by atoms with Crippen LogP contribution in [0.15, 0.2) is 28.7 Å². The van der Waals surface area contributed by atoms with Crippen molar-refractivity contribution in [3.05, 3.63) is 51.3 Å². The van der Waals surface area contributed by atoms with Crippen molar-refractivity contribution in [1.29, 1.82) is 0 Å². The first-order chi connectivity index (χ1) is 8.95. The van der Waals surface area contributed by atoms with E-state index in [-0.39, 0.29) is 5.91 Å². The first-order valence-electron chi connectivity index (χ1n) is 5.85. The summed E-state index contributed by atoms with van der Waals surface area (Å²) in [7, 11) is 0. The lowest BCUT2D eigenvalue weighted by Gasteiger charge is -2.08. The topological polar surface area (TPSA) is 54.9 Å². The van der Waals surface area contributed by atoms with Crippen molar-refractivity contribution >= 4 is 27.8 Å². The van der Waals surface area contributed by atoms with Crippen molar-refractivity contribution in [2.24, 2.45) is 0 Å². The molecule has 4 nitrogen and oxygen atoms in total. The van der Waals surface area contributed by atoms with Gasteiger partial charge in [-0.05, 0) is 44.5 Å². The van der Waals surface area contributed by atoms with E-state index in [9.17, 15) is 4.79 Å². The van der Waals surface area contributed by atoms with Crippen LogP contribution in [0.4, 0.5) is 5.95 Å². The number of carbonyl (C=O) groups excluding carboxylic acids is 1. The molecule has 0 saturated carbocycles. The minimum absolute atomic E-state index is 0.205. The van der Waals surface area contributed by atoms with Gasteiger partial charge in [-0.25, -0.2) is 9.97 Å². The fourth-order valence-electron chi connectivity index (χ4n) is 1.79. The number of anilines is 1. The van der Waals surface area contributed by atoms with Gasteiger partial charge in [0, 0.05) is 21.4 Å². The predicted octanol–water partition coefficient (Wildman–Crippen LogP) is 3.42. The molecule has 0 aliphatic heterocycles. The van der Waals surface area contributed by atoms with Gasteiger partial charge in [-0.2, -0.15) is 0 Å². The van der Waals surface area contributed by atoms with Gasteiger partial charge in [-0.15, -0.1) is 0 Å². The SMILES string of the molecule is Cc1cc(C)nc(NC(=O)c2cc(Br)ccc2C)n1. The van der Waals surface area contributed by atoms with Crippen LogP contribution in [0.1, 0.15) is 27.3 Å². The zero-order chi connectivity index (χ0) is 14.0. The minimum atomic E-state index is -0.205. The highest BCUT2D eigenvalue weighted by Crippen LogP contribution is 2.17. The molecular weight excluding hydrogens is 306 g/mol. The normalized spacial score (nSPS) is 10.3. The highest BCUT2D eigenvalue weighted by molar-refractivity contribution is 9.10. The van der Waals surface area contributed by atoms with E-state index in [1.54, 1.807) is 6.07 Å². The summed E-state index contributed by atoms with van der Waals surface area (Å²) < 4.78 is 0.865. The van der Waals surface area contributed by atoms with E-state index in [1.165, 1.54) is 0 Å². The molecule has 0 atom stereocenters. The Morgan fingerprint density at radius 3 is 2.37 bits per heavy atom. The Balaban J connectivity index is 2.28. The zero-order valence-electron chi connectivity index (χ0n) is 11.0. The summed E-state index contributed by atoms with van der Waals surface area (Å²) in [6.07, 6.45) is 0. The number of benzene rings is 1. The Kier molecular flexibility index (Phi) is 3.95. The average Bonchev–Trinajstić information content (AvgIpc) is 2.30. The molecule has 0 fully saturated rings. The third-order valence-corrected chi connectivity index (χ3v) is 3.15. The first-order valence-corrected chi connectivity index (χ1v) is 6.65. The monoisotopic (exact) mass is 319 g/mol. The molecule has 5 heteroatoms. The van der Waals surface area contributed by atoms with E-state index in [0.29, 0.717) is 11.5 Å². The number of hydrogen-bond acceptors (Lipinski definition) is 3. The lowest BCUT2D eigenvalue weighted by atomic mass is 10.1. The van der Waals surface area contributed by atoms with E-state index >= 15 is 0 Å². The Morgan fingerprint density at radius 2 is 1.74 bits per heavy atom. The second-order valence-corrected chi connectivity index (χ2v) is 5.30. The molecule has 1 heterocycles. The highest BCUT2D eigenvalue weighted by Gasteiger charge is 2.11. The van der Waals surface area contributed by atoms with Crippen LogP contribution in [-0.2, 0) is 0 Å². The molecule has 0 spiro atoms. The Bertz CT molecular complexity index is 620. The standard InChI is InChI=1S/C14H14BrN3O/c1-8-4-5-11(15)7-12(8)13(19)18-14-16-9(2)6-10(3)17-14/h4-7H,1-3H3,(H,16,17,18,19). The lowest BCUT2D eigenvalue weighted by molar-refractivity contribution is 0.102. The maximum atomic E-state index is 12.2. The molecule has 0 radical (unpaired) electrons. The number of carbonyl (C=O) groups is 1. The molecule has 19 heavy (non-hydrogen) atoms. The van der Waals surface area contributed by atoms with Gasteiger partial charge in [0.25, 0.3) is 5.91 Å². The molecule has 0 bridgehead atoms. The number of nitrogens with zero attached hydrogens (tertiary/aromatic N) is 2. The van der Waals surface area contributed by atoms with Gasteiger partial charge >= 0.3 is 0 Å². The third-order valence-electron chi connectivity index (χ3n) is 2.65. The van der Waals surface area contributed by atoms with Gasteiger partial charge in [0.2, 0.25) is 5.95 Å². The third kappa shape index (κ3) is 3.38.